The van der Waals surface area contributed by atoms with E-state index in [1.54, 1.807) is 19.1 Å². The number of nitrogens with one attached hydrogen (secondary N) is 2. The minimum Gasteiger partial charge on any atom is -0.490 e. The zero-order valence-electron chi connectivity index (χ0n) is 32.7. The second-order valence-electron chi connectivity index (χ2n) is 15.1. The van der Waals surface area contributed by atoms with Gasteiger partial charge in [-0.25, -0.2) is 9.97 Å². The molecule has 12 nitrogen and oxygen atoms in total. The zero-order valence-corrected chi connectivity index (χ0v) is 32.7. The van der Waals surface area contributed by atoms with Gasteiger partial charge < -0.3 is 29.8 Å². The number of benzene rings is 2. The van der Waals surface area contributed by atoms with Crippen LogP contribution in [0.3, 0.4) is 0 Å². The Morgan fingerprint density at radius 3 is 2.52 bits per heavy atom. The van der Waals surface area contributed by atoms with E-state index >= 15 is 0 Å². The van der Waals surface area contributed by atoms with Crippen LogP contribution in [0.5, 0.6) is 5.75 Å². The number of aldehydes is 1. The number of aromatic nitrogens is 2. The lowest BCUT2D eigenvalue weighted by Gasteiger charge is -2.36. The van der Waals surface area contributed by atoms with Crippen LogP contribution in [-0.4, -0.2) is 77.7 Å². The fourth-order valence-electron chi connectivity index (χ4n) is 7.39. The van der Waals surface area contributed by atoms with E-state index in [0.717, 1.165) is 66.1 Å². The van der Waals surface area contributed by atoms with Gasteiger partial charge in [0.2, 0.25) is 18.3 Å². The van der Waals surface area contributed by atoms with Crippen molar-refractivity contribution in [3.63, 3.8) is 0 Å². The minimum atomic E-state index is -1.07. The predicted octanol–water partition coefficient (Wildman–Crippen LogP) is 6.36. The van der Waals surface area contributed by atoms with Crippen LogP contribution in [0.2, 0.25) is 0 Å². The van der Waals surface area contributed by atoms with Crippen LogP contribution in [0.25, 0.3) is 0 Å². The molecule has 1 aromatic heterocycles. The van der Waals surface area contributed by atoms with Crippen molar-refractivity contribution >= 4 is 36.1 Å². The predicted molar refractivity (Wildman–Crippen MR) is 215 cm³/mol. The van der Waals surface area contributed by atoms with Gasteiger partial charge in [-0.2, -0.15) is 0 Å². The van der Waals surface area contributed by atoms with Gasteiger partial charge in [0.25, 0.3) is 5.91 Å². The molecule has 1 saturated heterocycles. The number of likely N-dealkylation sites (N-methyl/N-ethyl adjacent to an activating group) is 1. The van der Waals surface area contributed by atoms with Gasteiger partial charge in [-0.05, 0) is 92.3 Å². The first-order valence-electron chi connectivity index (χ1n) is 19.4. The van der Waals surface area contributed by atoms with Gasteiger partial charge in [0, 0.05) is 68.3 Å². The number of rotatable bonds is 17. The summed E-state index contributed by atoms with van der Waals surface area (Å²) in [5.41, 5.74) is 4.97. The maximum absolute atomic E-state index is 13.3. The molecule has 3 aliphatic rings. The molecule has 3 amide bonds. The smallest absolute Gasteiger partial charge is 0.261 e. The molecule has 1 unspecified atom stereocenters. The van der Waals surface area contributed by atoms with Crippen LogP contribution < -0.4 is 20.3 Å². The molecule has 0 bridgehead atoms. The molecule has 1 saturated carbocycles. The average molecular weight is 761 g/mol. The number of aryl methyl sites for hydroxylation is 1. The van der Waals surface area contributed by atoms with Gasteiger partial charge in [-0.1, -0.05) is 43.7 Å². The highest BCUT2D eigenvalue weighted by Crippen LogP contribution is 2.37. The van der Waals surface area contributed by atoms with E-state index < -0.39 is 17.9 Å². The Bertz CT molecular complexity index is 1980. The van der Waals surface area contributed by atoms with Gasteiger partial charge in [0.15, 0.2) is 0 Å². The fraction of sp³-hybridized carbons (Fsp3) is 0.409. The number of hydrogen-bond acceptors (Lipinski definition) is 10. The van der Waals surface area contributed by atoms with Crippen molar-refractivity contribution in [2.75, 3.05) is 30.4 Å². The normalized spacial score (nSPS) is 18.4. The first-order valence-corrected chi connectivity index (χ1v) is 19.4. The van der Waals surface area contributed by atoms with Crippen molar-refractivity contribution in [3.05, 3.63) is 113 Å². The lowest BCUT2D eigenvalue weighted by molar-refractivity contribution is -0.131. The Kier molecular flexibility index (Phi) is 13.0. The van der Waals surface area contributed by atoms with Crippen molar-refractivity contribution in [3.8, 4) is 5.75 Å². The number of anilines is 2. The molecule has 2 aliphatic carbocycles. The van der Waals surface area contributed by atoms with Crippen LogP contribution in [-0.2, 0) is 31.1 Å². The highest BCUT2D eigenvalue weighted by Gasteiger charge is 2.33. The van der Waals surface area contributed by atoms with Crippen LogP contribution in [0.4, 0.5) is 11.6 Å². The van der Waals surface area contributed by atoms with Gasteiger partial charge in [-0.15, -0.1) is 0 Å². The Balaban J connectivity index is 0.987. The summed E-state index contributed by atoms with van der Waals surface area (Å²) in [6, 6.07) is 14.7. The highest BCUT2D eigenvalue weighted by atomic mass is 16.5. The summed E-state index contributed by atoms with van der Waals surface area (Å²) in [6.45, 7) is 8.67. The summed E-state index contributed by atoms with van der Waals surface area (Å²) < 4.78 is 12.5. The van der Waals surface area contributed by atoms with E-state index in [0.29, 0.717) is 30.4 Å². The fourth-order valence-corrected chi connectivity index (χ4v) is 7.39. The van der Waals surface area contributed by atoms with Crippen LogP contribution in [0, 0.1) is 6.92 Å². The zero-order chi connectivity index (χ0) is 39.7. The first kappa shape index (κ1) is 39.9. The molecule has 0 radical (unpaired) electrons. The van der Waals surface area contributed by atoms with E-state index in [1.165, 1.54) is 31.0 Å². The number of amides is 3. The molecule has 294 valence electrons. The van der Waals surface area contributed by atoms with E-state index in [9.17, 15) is 19.2 Å². The molecule has 3 aromatic rings. The quantitative estimate of drug-likeness (QED) is 0.149. The van der Waals surface area contributed by atoms with Crippen LogP contribution in [0.1, 0.15) is 86.0 Å². The largest absolute Gasteiger partial charge is 0.490 e. The average Bonchev–Trinajstić information content (AvgIpc) is 3.63. The third-order valence-corrected chi connectivity index (χ3v) is 10.9. The summed E-state index contributed by atoms with van der Waals surface area (Å²) in [5.74, 6) is 1.32. The maximum Gasteiger partial charge on any atom is 0.261 e. The lowest BCUT2D eigenvalue weighted by Crippen LogP contribution is -2.48. The topological polar surface area (TPSA) is 143 Å². The molecule has 2 aromatic carbocycles. The third-order valence-electron chi connectivity index (χ3n) is 10.9. The highest BCUT2D eigenvalue weighted by molar-refractivity contribution is 6.04. The van der Waals surface area contributed by atoms with E-state index in [2.05, 4.69) is 58.6 Å². The second kappa shape index (κ2) is 18.2. The summed E-state index contributed by atoms with van der Waals surface area (Å²) in [7, 11) is 1.43. The molecule has 2 N–H and O–H groups in total. The molecule has 1 atom stereocenters. The number of carbonyl (C=O) groups excluding carboxylic acids is 4. The minimum absolute atomic E-state index is 0.0481. The summed E-state index contributed by atoms with van der Waals surface area (Å²) in [5, 5.41) is 5.98. The third kappa shape index (κ3) is 9.53. The van der Waals surface area contributed by atoms with Crippen molar-refractivity contribution in [1.82, 2.24) is 20.2 Å². The number of imide groups is 1. The first-order chi connectivity index (χ1) is 27.1. The van der Waals surface area contributed by atoms with Crippen LogP contribution in [0.15, 0.2) is 90.4 Å². The molecule has 0 spiro atoms. The molecule has 56 heavy (non-hydrogen) atoms. The van der Waals surface area contributed by atoms with Gasteiger partial charge in [-0.3, -0.25) is 19.3 Å². The summed E-state index contributed by atoms with van der Waals surface area (Å²) in [6.07, 6.45) is 16.2. The molecule has 6 rings (SSSR count). The number of hydrogen-bond donors (Lipinski definition) is 2. The number of nitrogens with zero attached hydrogens (tertiary/aromatic N) is 4. The van der Waals surface area contributed by atoms with Gasteiger partial charge in [0.1, 0.15) is 36.5 Å². The molecule has 1 aliphatic heterocycles. The van der Waals surface area contributed by atoms with E-state index in [1.807, 2.05) is 42.6 Å². The van der Waals surface area contributed by atoms with Gasteiger partial charge >= 0.3 is 0 Å². The summed E-state index contributed by atoms with van der Waals surface area (Å²) in [4.78, 5) is 60.8. The molecular formula is C44H52N6O6. The van der Waals surface area contributed by atoms with Crippen molar-refractivity contribution in [2.45, 2.75) is 95.9 Å². The van der Waals surface area contributed by atoms with Crippen molar-refractivity contribution in [2.24, 2.45) is 0 Å². The molecule has 12 heteroatoms. The molecule has 2 fully saturated rings. The number of allylic oxidation sites excluding steroid dienone is 5. The van der Waals surface area contributed by atoms with E-state index in [4.69, 9.17) is 14.5 Å². The number of carbonyl (C=O) groups is 4. The Morgan fingerprint density at radius 1 is 1.05 bits per heavy atom. The molecular weight excluding hydrogens is 709 g/mol. The van der Waals surface area contributed by atoms with Crippen LogP contribution >= 0.6 is 0 Å². The Labute approximate surface area is 329 Å². The van der Waals surface area contributed by atoms with Crippen molar-refractivity contribution in [1.29, 1.82) is 0 Å². The lowest BCUT2D eigenvalue weighted by atomic mass is 9.76. The van der Waals surface area contributed by atoms with Gasteiger partial charge in [0.05, 0.1) is 5.69 Å². The Morgan fingerprint density at radius 2 is 1.82 bits per heavy atom. The monoisotopic (exact) mass is 760 g/mol. The standard InChI is InChI=1S/C44H52N6O6/c1-30-25-33(15-19-39(30)42(54)50(29-52)40(11-8-24-51)41(53)45-4)47-35-26-38(27-35)56-37-17-13-32(14-18-37)44(2,3)31-9-7-10-36(16-12-31)55-28-34-20-21-46-43(48-34)49-22-5-6-23-49/h7,10,12-21,24-25,29,35,38,40,47H,5-6,8-9,11,22-23,26-28H2,1-4H3,(H,45,53). The summed E-state index contributed by atoms with van der Waals surface area (Å²) >= 11 is 0. The maximum atomic E-state index is 13.3. The second-order valence-corrected chi connectivity index (χ2v) is 15.1. The Hall–Kier alpha value is -5.78. The molecule has 2 heterocycles. The van der Waals surface area contributed by atoms with Crippen molar-refractivity contribution < 1.29 is 28.7 Å². The number of ether oxygens (including phenoxy) is 2. The SMILES string of the molecule is CNC(=O)C(CCC=O)N(C=O)C(=O)c1ccc(NC2CC(Oc3ccc(C(C)(C)C4=CC=C(OCc5ccnc(N6CCCC6)n5)C=CC4)cc3)C2)cc1C. The van der Waals surface area contributed by atoms with E-state index in [-0.39, 0.29) is 30.4 Å².